The molecule has 0 bridgehead atoms. The van der Waals surface area contributed by atoms with Crippen LogP contribution in [0.25, 0.3) is 0 Å². The standard InChI is InChI=1S/C9H18N2/c1-5-6-11-7-8(10)9(2,3)4/h6-7H,5,10H2,1-4H3/b8-7-,11-6-. The highest BCUT2D eigenvalue weighted by atomic mass is 14.7. The number of hydrogen-bond donors (Lipinski definition) is 1. The molecule has 0 unspecified atom stereocenters. The molecule has 0 aromatic heterocycles. The summed E-state index contributed by atoms with van der Waals surface area (Å²) in [7, 11) is 0. The van der Waals surface area contributed by atoms with E-state index in [2.05, 4.69) is 25.8 Å². The van der Waals surface area contributed by atoms with Crippen molar-refractivity contribution in [2.45, 2.75) is 34.1 Å². The Labute approximate surface area is 69.2 Å². The Morgan fingerprint density at radius 3 is 2.36 bits per heavy atom. The number of aliphatic imine (C=N–C) groups is 1. The summed E-state index contributed by atoms with van der Waals surface area (Å²) in [6.45, 7) is 8.26. The lowest BCUT2D eigenvalue weighted by molar-refractivity contribution is 0.496. The molecule has 2 heteroatoms. The van der Waals surface area contributed by atoms with Gasteiger partial charge in [-0.25, -0.2) is 0 Å². The molecule has 0 rings (SSSR count). The molecule has 0 aliphatic rings. The summed E-state index contributed by atoms with van der Waals surface area (Å²) in [5.41, 5.74) is 6.59. The van der Waals surface area contributed by atoms with Crippen LogP contribution in [0.5, 0.6) is 0 Å². The van der Waals surface area contributed by atoms with Gasteiger partial charge in [0.1, 0.15) is 0 Å². The highest BCUT2D eigenvalue weighted by molar-refractivity contribution is 5.57. The normalized spacial score (nSPS) is 14.4. The summed E-state index contributed by atoms with van der Waals surface area (Å²) in [5, 5.41) is 0. The van der Waals surface area contributed by atoms with Gasteiger partial charge < -0.3 is 5.73 Å². The monoisotopic (exact) mass is 154 g/mol. The Kier molecular flexibility index (Phi) is 3.86. The van der Waals surface area contributed by atoms with E-state index >= 15 is 0 Å². The van der Waals surface area contributed by atoms with Crippen LogP contribution in [-0.2, 0) is 0 Å². The molecule has 0 fully saturated rings. The maximum Gasteiger partial charge on any atom is 0.0456 e. The predicted octanol–water partition coefficient (Wildman–Crippen LogP) is 2.31. The van der Waals surface area contributed by atoms with Gasteiger partial charge in [-0.1, -0.05) is 27.7 Å². The quantitative estimate of drug-likeness (QED) is 0.609. The smallest absolute Gasteiger partial charge is 0.0456 e. The van der Waals surface area contributed by atoms with Crippen LogP contribution < -0.4 is 5.73 Å². The average Bonchev–Trinajstić information content (AvgIpc) is 1.86. The van der Waals surface area contributed by atoms with Crippen molar-refractivity contribution < 1.29 is 0 Å². The Balaban J connectivity index is 4.12. The van der Waals surface area contributed by atoms with Crippen LogP contribution in [0.2, 0.25) is 0 Å². The van der Waals surface area contributed by atoms with E-state index < -0.39 is 0 Å². The van der Waals surface area contributed by atoms with E-state index in [0.717, 1.165) is 12.1 Å². The van der Waals surface area contributed by atoms with E-state index in [4.69, 9.17) is 5.73 Å². The largest absolute Gasteiger partial charge is 0.400 e. The molecule has 0 atom stereocenters. The molecule has 0 aromatic carbocycles. The fourth-order valence-corrected chi connectivity index (χ4v) is 0.432. The zero-order chi connectivity index (χ0) is 8.91. The van der Waals surface area contributed by atoms with Crippen molar-refractivity contribution >= 4 is 6.21 Å². The number of hydrogen-bond acceptors (Lipinski definition) is 2. The molecule has 2 nitrogen and oxygen atoms in total. The molecular formula is C9H18N2. The third-order valence-corrected chi connectivity index (χ3v) is 1.37. The summed E-state index contributed by atoms with van der Waals surface area (Å²) in [5.74, 6) is 0. The van der Waals surface area contributed by atoms with Gasteiger partial charge in [0.2, 0.25) is 0 Å². The lowest BCUT2D eigenvalue weighted by atomic mass is 9.93. The lowest BCUT2D eigenvalue weighted by Crippen LogP contribution is -2.16. The predicted molar refractivity (Wildman–Crippen MR) is 50.5 cm³/mol. The average molecular weight is 154 g/mol. The van der Waals surface area contributed by atoms with E-state index in [-0.39, 0.29) is 5.41 Å². The van der Waals surface area contributed by atoms with Crippen molar-refractivity contribution in [1.82, 2.24) is 0 Å². The molecule has 64 valence electrons. The van der Waals surface area contributed by atoms with Gasteiger partial charge in [-0.2, -0.15) is 0 Å². The van der Waals surface area contributed by atoms with E-state index in [1.807, 2.05) is 13.1 Å². The maximum absolute atomic E-state index is 5.74. The first-order valence-corrected chi connectivity index (χ1v) is 3.96. The Hall–Kier alpha value is -0.790. The SMILES string of the molecule is CC/C=N\C=C(/N)C(C)(C)C. The van der Waals surface area contributed by atoms with Crippen molar-refractivity contribution in [3.8, 4) is 0 Å². The van der Waals surface area contributed by atoms with E-state index in [1.165, 1.54) is 0 Å². The maximum atomic E-state index is 5.74. The highest BCUT2D eigenvalue weighted by Crippen LogP contribution is 2.19. The van der Waals surface area contributed by atoms with Gasteiger partial charge in [0.25, 0.3) is 0 Å². The minimum Gasteiger partial charge on any atom is -0.400 e. The van der Waals surface area contributed by atoms with Gasteiger partial charge in [0.05, 0.1) is 0 Å². The molecule has 11 heavy (non-hydrogen) atoms. The van der Waals surface area contributed by atoms with Crippen molar-refractivity contribution in [3.63, 3.8) is 0 Å². The molecule has 0 radical (unpaired) electrons. The van der Waals surface area contributed by atoms with Crippen LogP contribution in [0.4, 0.5) is 0 Å². The Morgan fingerprint density at radius 2 is 2.00 bits per heavy atom. The van der Waals surface area contributed by atoms with Crippen LogP contribution in [0.1, 0.15) is 34.1 Å². The van der Waals surface area contributed by atoms with Crippen molar-refractivity contribution in [2.75, 3.05) is 0 Å². The second-order valence-electron chi connectivity index (χ2n) is 3.57. The summed E-state index contributed by atoms with van der Waals surface area (Å²) < 4.78 is 0. The second-order valence-corrected chi connectivity index (χ2v) is 3.57. The molecular weight excluding hydrogens is 136 g/mol. The van der Waals surface area contributed by atoms with Crippen molar-refractivity contribution in [1.29, 1.82) is 0 Å². The first-order valence-electron chi connectivity index (χ1n) is 3.96. The minimum absolute atomic E-state index is 0.0328. The van der Waals surface area contributed by atoms with Crippen LogP contribution >= 0.6 is 0 Å². The van der Waals surface area contributed by atoms with E-state index in [0.29, 0.717) is 0 Å². The van der Waals surface area contributed by atoms with Crippen LogP contribution in [0.15, 0.2) is 16.9 Å². The van der Waals surface area contributed by atoms with Crippen molar-refractivity contribution in [2.24, 2.45) is 16.1 Å². The molecule has 0 spiro atoms. The first kappa shape index (κ1) is 10.2. The van der Waals surface area contributed by atoms with E-state index in [1.54, 1.807) is 6.20 Å². The fourth-order valence-electron chi connectivity index (χ4n) is 0.432. The van der Waals surface area contributed by atoms with Crippen LogP contribution in [0, 0.1) is 5.41 Å². The number of nitrogens with zero attached hydrogens (tertiary/aromatic N) is 1. The number of rotatable bonds is 2. The minimum atomic E-state index is 0.0328. The molecule has 0 saturated carbocycles. The van der Waals surface area contributed by atoms with Gasteiger partial charge in [0, 0.05) is 23.5 Å². The molecule has 0 aliphatic heterocycles. The Morgan fingerprint density at radius 1 is 1.45 bits per heavy atom. The molecule has 0 heterocycles. The first-order chi connectivity index (χ1) is 4.98. The highest BCUT2D eigenvalue weighted by Gasteiger charge is 2.12. The van der Waals surface area contributed by atoms with Crippen molar-refractivity contribution in [3.05, 3.63) is 11.9 Å². The van der Waals surface area contributed by atoms with Gasteiger partial charge >= 0.3 is 0 Å². The lowest BCUT2D eigenvalue weighted by Gasteiger charge is -2.17. The van der Waals surface area contributed by atoms with Gasteiger partial charge in [0.15, 0.2) is 0 Å². The van der Waals surface area contributed by atoms with Gasteiger partial charge in [-0.15, -0.1) is 0 Å². The zero-order valence-corrected chi connectivity index (χ0v) is 7.89. The van der Waals surface area contributed by atoms with E-state index in [9.17, 15) is 0 Å². The zero-order valence-electron chi connectivity index (χ0n) is 7.89. The third-order valence-electron chi connectivity index (χ3n) is 1.37. The number of allylic oxidation sites excluding steroid dienone is 1. The third kappa shape index (κ3) is 4.59. The summed E-state index contributed by atoms with van der Waals surface area (Å²) in [4.78, 5) is 4.04. The fraction of sp³-hybridized carbons (Fsp3) is 0.667. The van der Waals surface area contributed by atoms with Crippen LogP contribution in [-0.4, -0.2) is 6.21 Å². The number of nitrogens with two attached hydrogens (primary N) is 1. The molecule has 0 saturated heterocycles. The Bertz CT molecular complexity index is 161. The van der Waals surface area contributed by atoms with Gasteiger partial charge in [-0.3, -0.25) is 4.99 Å². The topological polar surface area (TPSA) is 38.4 Å². The molecule has 0 aromatic rings. The summed E-state index contributed by atoms with van der Waals surface area (Å²) in [6, 6.07) is 0. The molecule has 2 N–H and O–H groups in total. The molecule has 0 amide bonds. The summed E-state index contributed by atoms with van der Waals surface area (Å²) in [6.07, 6.45) is 4.52. The summed E-state index contributed by atoms with van der Waals surface area (Å²) >= 11 is 0. The van der Waals surface area contributed by atoms with Crippen LogP contribution in [0.3, 0.4) is 0 Å². The van der Waals surface area contributed by atoms with Gasteiger partial charge in [-0.05, 0) is 6.42 Å². The second kappa shape index (κ2) is 4.16. The molecule has 0 aliphatic carbocycles.